The quantitative estimate of drug-likeness (QED) is 0.730. The van der Waals surface area contributed by atoms with Crippen molar-refractivity contribution in [2.75, 3.05) is 12.4 Å². The first kappa shape index (κ1) is 18.3. The molecule has 0 radical (unpaired) electrons. The molecule has 2 heterocycles. The van der Waals surface area contributed by atoms with Gasteiger partial charge in [-0.1, -0.05) is 0 Å². The van der Waals surface area contributed by atoms with Gasteiger partial charge in [-0.25, -0.2) is 9.78 Å². The van der Waals surface area contributed by atoms with Crippen molar-refractivity contribution in [1.82, 2.24) is 14.1 Å². The summed E-state index contributed by atoms with van der Waals surface area (Å²) in [6, 6.07) is 5.93. The van der Waals surface area contributed by atoms with Crippen LogP contribution in [0.2, 0.25) is 0 Å². The lowest BCUT2D eigenvalue weighted by atomic mass is 9.81. The van der Waals surface area contributed by atoms with Crippen molar-refractivity contribution >= 4 is 23.0 Å². The molecule has 1 aliphatic carbocycles. The summed E-state index contributed by atoms with van der Waals surface area (Å²) in [5.41, 5.74) is 1.76. The minimum absolute atomic E-state index is 0.0213. The molecule has 1 aromatic carbocycles. The summed E-state index contributed by atoms with van der Waals surface area (Å²) in [7, 11) is 3.41. The van der Waals surface area contributed by atoms with E-state index in [1.807, 2.05) is 22.8 Å². The molecule has 1 aliphatic rings. The fourth-order valence-corrected chi connectivity index (χ4v) is 4.05. The second kappa shape index (κ2) is 7.53. The third-order valence-electron chi connectivity index (χ3n) is 5.67. The second-order valence-electron chi connectivity index (χ2n) is 7.35. The molecule has 1 amide bonds. The topological polar surface area (TPSA) is 91.3 Å². The zero-order valence-corrected chi connectivity index (χ0v) is 16.1. The Morgan fingerprint density at radius 3 is 2.75 bits per heavy atom. The van der Waals surface area contributed by atoms with Crippen molar-refractivity contribution < 1.29 is 13.9 Å². The molecule has 1 N–H and O–H groups in total. The molecular formula is C20H24N4O4. The Morgan fingerprint density at radius 1 is 1.29 bits per heavy atom. The lowest BCUT2D eigenvalue weighted by Gasteiger charge is -2.27. The van der Waals surface area contributed by atoms with Gasteiger partial charge in [0.05, 0.1) is 24.3 Å². The lowest BCUT2D eigenvalue weighted by molar-refractivity contribution is -0.121. The van der Waals surface area contributed by atoms with E-state index in [1.165, 1.54) is 12.5 Å². The van der Waals surface area contributed by atoms with Gasteiger partial charge in [0.2, 0.25) is 5.91 Å². The number of fused-ring (bicyclic) bond motifs is 1. The maximum absolute atomic E-state index is 12.7. The van der Waals surface area contributed by atoms with Crippen LogP contribution in [0.1, 0.15) is 25.7 Å². The molecule has 148 valence electrons. The molecule has 1 saturated carbocycles. The highest BCUT2D eigenvalue weighted by Gasteiger charge is 2.28. The van der Waals surface area contributed by atoms with Crippen molar-refractivity contribution in [2.24, 2.45) is 18.9 Å². The predicted molar refractivity (Wildman–Crippen MR) is 104 cm³/mol. The summed E-state index contributed by atoms with van der Waals surface area (Å²) < 4.78 is 13.9. The Labute approximate surface area is 162 Å². The summed E-state index contributed by atoms with van der Waals surface area (Å²) in [5, 5.41) is 2.72. The van der Waals surface area contributed by atoms with Crippen molar-refractivity contribution in [3.63, 3.8) is 0 Å². The zero-order valence-electron chi connectivity index (χ0n) is 16.1. The van der Waals surface area contributed by atoms with Gasteiger partial charge in [-0.05, 0) is 43.7 Å². The number of aryl methyl sites for hydroxylation is 1. The fourth-order valence-electron chi connectivity index (χ4n) is 4.05. The summed E-state index contributed by atoms with van der Waals surface area (Å²) >= 11 is 0. The van der Waals surface area contributed by atoms with Crippen LogP contribution < -0.4 is 15.7 Å². The van der Waals surface area contributed by atoms with Gasteiger partial charge in [0.1, 0.15) is 12.0 Å². The molecule has 3 aromatic rings. The predicted octanol–water partition coefficient (Wildman–Crippen LogP) is 2.78. The highest BCUT2D eigenvalue weighted by Crippen LogP contribution is 2.31. The number of benzene rings is 1. The van der Waals surface area contributed by atoms with Crippen molar-refractivity contribution in [2.45, 2.75) is 32.2 Å². The Bertz CT molecular complexity index is 1030. The summed E-state index contributed by atoms with van der Waals surface area (Å²) in [5.74, 6) is 1.000. The summed E-state index contributed by atoms with van der Waals surface area (Å²) in [6.07, 6.45) is 6.32. The second-order valence-corrected chi connectivity index (χ2v) is 7.35. The van der Waals surface area contributed by atoms with Crippen molar-refractivity contribution in [3.05, 3.63) is 41.1 Å². The van der Waals surface area contributed by atoms with Crippen LogP contribution >= 0.6 is 0 Å². The van der Waals surface area contributed by atoms with Crippen LogP contribution in [-0.2, 0) is 18.4 Å². The molecule has 0 bridgehead atoms. The van der Waals surface area contributed by atoms with Gasteiger partial charge in [0, 0.05) is 25.6 Å². The van der Waals surface area contributed by atoms with E-state index in [9.17, 15) is 9.59 Å². The monoisotopic (exact) mass is 384 g/mol. The molecule has 28 heavy (non-hydrogen) atoms. The number of rotatable bonds is 5. The number of oxazole rings is 1. The number of hydrogen-bond donors (Lipinski definition) is 1. The highest BCUT2D eigenvalue weighted by atomic mass is 16.5. The zero-order chi connectivity index (χ0) is 19.7. The first-order valence-electron chi connectivity index (χ1n) is 9.50. The minimum atomic E-state index is -0.0486. The number of carbonyl (C=O) groups is 1. The standard InChI is InChI=1S/C20H24N4O4/c1-23-16-8-7-15(27-2)11-17(16)24(20(23)26)12-13-3-5-14(6-4-13)18(25)22-19-21-9-10-28-19/h7-11,13-14H,3-6,12H2,1-2H3,(H,21,22,25). The van der Waals surface area contributed by atoms with Gasteiger partial charge in [0.25, 0.3) is 0 Å². The number of carbonyl (C=O) groups excluding carboxylic acids is 1. The lowest BCUT2D eigenvalue weighted by Crippen LogP contribution is -2.30. The summed E-state index contributed by atoms with van der Waals surface area (Å²) in [4.78, 5) is 29.0. The van der Waals surface area contributed by atoms with Gasteiger partial charge in [0.15, 0.2) is 0 Å². The number of hydrogen-bond acceptors (Lipinski definition) is 5. The van der Waals surface area contributed by atoms with E-state index in [2.05, 4.69) is 10.3 Å². The Kier molecular flexibility index (Phi) is 4.93. The normalized spacial score (nSPS) is 19.6. The molecule has 0 saturated heterocycles. The van der Waals surface area contributed by atoms with Gasteiger partial charge >= 0.3 is 11.7 Å². The molecule has 8 nitrogen and oxygen atoms in total. The fraction of sp³-hybridized carbons (Fsp3) is 0.450. The maximum atomic E-state index is 12.7. The minimum Gasteiger partial charge on any atom is -0.497 e. The van der Waals surface area contributed by atoms with E-state index in [1.54, 1.807) is 18.7 Å². The van der Waals surface area contributed by atoms with Crippen LogP contribution in [0.3, 0.4) is 0 Å². The third-order valence-corrected chi connectivity index (χ3v) is 5.67. The molecule has 8 heteroatoms. The average molecular weight is 384 g/mol. The van der Waals surface area contributed by atoms with Crippen molar-refractivity contribution in [3.8, 4) is 5.75 Å². The molecule has 0 aliphatic heterocycles. The molecular weight excluding hydrogens is 360 g/mol. The van der Waals surface area contributed by atoms with Crippen LogP contribution in [-0.4, -0.2) is 27.1 Å². The first-order chi connectivity index (χ1) is 13.6. The number of aromatic nitrogens is 3. The molecule has 1 fully saturated rings. The number of nitrogens with zero attached hydrogens (tertiary/aromatic N) is 3. The van der Waals surface area contributed by atoms with Crippen LogP contribution in [0.25, 0.3) is 11.0 Å². The summed E-state index contributed by atoms with van der Waals surface area (Å²) in [6.45, 7) is 0.650. The SMILES string of the molecule is COc1ccc2c(c1)n(CC1CCC(C(=O)Nc3ncco3)CC1)c(=O)n2C. The molecule has 0 spiro atoms. The van der Waals surface area contributed by atoms with Crippen LogP contribution in [0, 0.1) is 11.8 Å². The first-order valence-corrected chi connectivity index (χ1v) is 9.50. The number of ether oxygens (including phenoxy) is 1. The number of anilines is 1. The van der Waals surface area contributed by atoms with E-state index in [4.69, 9.17) is 9.15 Å². The van der Waals surface area contributed by atoms with Gasteiger partial charge in [-0.15, -0.1) is 0 Å². The Morgan fingerprint density at radius 2 is 2.07 bits per heavy atom. The highest BCUT2D eigenvalue weighted by molar-refractivity contribution is 5.90. The molecule has 0 atom stereocenters. The van der Waals surface area contributed by atoms with E-state index in [-0.39, 0.29) is 23.5 Å². The van der Waals surface area contributed by atoms with Gasteiger partial charge in [-0.3, -0.25) is 19.2 Å². The number of nitrogens with one attached hydrogen (secondary N) is 1. The van der Waals surface area contributed by atoms with E-state index in [0.717, 1.165) is 42.5 Å². The van der Waals surface area contributed by atoms with E-state index in [0.29, 0.717) is 12.5 Å². The van der Waals surface area contributed by atoms with Gasteiger partial charge in [-0.2, -0.15) is 0 Å². The Hall–Kier alpha value is -3.03. The van der Waals surface area contributed by atoms with Crippen LogP contribution in [0.4, 0.5) is 6.01 Å². The molecule has 2 aromatic heterocycles. The number of methoxy groups -OCH3 is 1. The largest absolute Gasteiger partial charge is 0.497 e. The third kappa shape index (κ3) is 3.42. The van der Waals surface area contributed by atoms with Crippen LogP contribution in [0.5, 0.6) is 5.75 Å². The van der Waals surface area contributed by atoms with E-state index < -0.39 is 0 Å². The van der Waals surface area contributed by atoms with Crippen molar-refractivity contribution in [1.29, 1.82) is 0 Å². The Balaban J connectivity index is 1.44. The molecule has 0 unspecified atom stereocenters. The van der Waals surface area contributed by atoms with Crippen LogP contribution in [0.15, 0.2) is 39.9 Å². The average Bonchev–Trinajstić information content (AvgIpc) is 3.31. The maximum Gasteiger partial charge on any atom is 0.328 e. The number of amides is 1. The number of imidazole rings is 1. The van der Waals surface area contributed by atoms with E-state index >= 15 is 0 Å². The molecule has 4 rings (SSSR count). The smallest absolute Gasteiger partial charge is 0.328 e. The van der Waals surface area contributed by atoms with Gasteiger partial charge < -0.3 is 9.15 Å².